The minimum atomic E-state index is 0. The van der Waals surface area contributed by atoms with E-state index in [-0.39, 0.29) is 18.4 Å². The van der Waals surface area contributed by atoms with Gasteiger partial charge in [0, 0.05) is 6.04 Å². The maximum atomic E-state index is 8.69. The third-order valence-electron chi connectivity index (χ3n) is 2.12. The maximum Gasteiger partial charge on any atom is 0.0991 e. The van der Waals surface area contributed by atoms with E-state index >= 15 is 0 Å². The van der Waals surface area contributed by atoms with Crippen molar-refractivity contribution < 1.29 is 0 Å². The van der Waals surface area contributed by atoms with Crippen molar-refractivity contribution in [3.63, 3.8) is 0 Å². The quantitative estimate of drug-likeness (QED) is 0.816. The summed E-state index contributed by atoms with van der Waals surface area (Å²) in [6.07, 6.45) is 0. The number of hydrogen-bond donors (Lipinski definition) is 1. The molecule has 2 N–H and O–H groups in total. The van der Waals surface area contributed by atoms with Crippen molar-refractivity contribution >= 4 is 12.4 Å². The van der Waals surface area contributed by atoms with Gasteiger partial charge in [0.15, 0.2) is 0 Å². The monoisotopic (exact) mass is 210 g/mol. The van der Waals surface area contributed by atoms with Crippen molar-refractivity contribution in [1.29, 1.82) is 5.26 Å². The van der Waals surface area contributed by atoms with E-state index in [1.807, 2.05) is 18.2 Å². The second kappa shape index (κ2) is 5.64. The molecule has 0 aliphatic rings. The lowest BCUT2D eigenvalue weighted by Gasteiger charge is -2.15. The van der Waals surface area contributed by atoms with Crippen LogP contribution in [0.5, 0.6) is 0 Å². The Morgan fingerprint density at radius 1 is 1.36 bits per heavy atom. The summed E-state index contributed by atoms with van der Waals surface area (Å²) in [6.45, 7) is 4.15. The Morgan fingerprint density at radius 3 is 2.50 bits per heavy atom. The van der Waals surface area contributed by atoms with Crippen molar-refractivity contribution in [2.45, 2.75) is 19.9 Å². The van der Waals surface area contributed by atoms with Crippen LogP contribution in [0.3, 0.4) is 0 Å². The van der Waals surface area contributed by atoms with Crippen LogP contribution in [0.1, 0.15) is 31.0 Å². The number of nitrogens with two attached hydrogens (primary N) is 1. The average Bonchev–Trinajstić information content (AvgIpc) is 2.16. The van der Waals surface area contributed by atoms with Crippen LogP contribution in [-0.2, 0) is 0 Å². The second-order valence-electron chi connectivity index (χ2n) is 3.51. The molecule has 0 saturated heterocycles. The fourth-order valence-corrected chi connectivity index (χ4v) is 1.20. The van der Waals surface area contributed by atoms with E-state index in [0.717, 1.165) is 5.56 Å². The fourth-order valence-electron chi connectivity index (χ4n) is 1.20. The first-order valence-corrected chi connectivity index (χ1v) is 4.41. The molecule has 1 rings (SSSR count). The number of halogens is 1. The Morgan fingerprint density at radius 2 is 2.00 bits per heavy atom. The zero-order valence-corrected chi connectivity index (χ0v) is 9.21. The molecule has 0 unspecified atom stereocenters. The van der Waals surface area contributed by atoms with Crippen LogP contribution in [0.2, 0.25) is 0 Å². The molecular formula is C11H15ClN2. The lowest BCUT2D eigenvalue weighted by molar-refractivity contribution is 0.514. The molecular weight excluding hydrogens is 196 g/mol. The fraction of sp³-hybridized carbons (Fsp3) is 0.364. The molecule has 1 aromatic carbocycles. The molecule has 0 amide bonds. The predicted octanol–water partition coefficient (Wildman–Crippen LogP) is 2.64. The number of nitriles is 1. The SMILES string of the molecule is CC(C)[C@@H](N)c1cccc(C#N)c1.Cl. The van der Waals surface area contributed by atoms with Gasteiger partial charge >= 0.3 is 0 Å². The molecule has 0 radical (unpaired) electrons. The molecule has 1 atom stereocenters. The lowest BCUT2D eigenvalue weighted by atomic mass is 9.96. The van der Waals surface area contributed by atoms with E-state index in [1.54, 1.807) is 6.07 Å². The molecule has 0 aliphatic carbocycles. The molecule has 0 spiro atoms. The van der Waals surface area contributed by atoms with Crippen LogP contribution in [0, 0.1) is 17.2 Å². The summed E-state index contributed by atoms with van der Waals surface area (Å²) in [5, 5.41) is 8.69. The zero-order valence-electron chi connectivity index (χ0n) is 8.40. The second-order valence-corrected chi connectivity index (χ2v) is 3.51. The van der Waals surface area contributed by atoms with Crippen molar-refractivity contribution in [3.8, 4) is 6.07 Å². The van der Waals surface area contributed by atoms with E-state index in [2.05, 4.69) is 19.9 Å². The number of benzene rings is 1. The van der Waals surface area contributed by atoms with E-state index < -0.39 is 0 Å². The van der Waals surface area contributed by atoms with Gasteiger partial charge in [-0.25, -0.2) is 0 Å². The van der Waals surface area contributed by atoms with Crippen LogP contribution < -0.4 is 5.73 Å². The highest BCUT2D eigenvalue weighted by Gasteiger charge is 2.09. The van der Waals surface area contributed by atoms with E-state index in [0.29, 0.717) is 11.5 Å². The molecule has 2 nitrogen and oxygen atoms in total. The van der Waals surface area contributed by atoms with Gasteiger partial charge in [-0.05, 0) is 23.6 Å². The Labute approximate surface area is 91.1 Å². The van der Waals surface area contributed by atoms with Crippen molar-refractivity contribution in [2.75, 3.05) is 0 Å². The highest BCUT2D eigenvalue weighted by Crippen LogP contribution is 2.19. The Balaban J connectivity index is 0.00000169. The van der Waals surface area contributed by atoms with Gasteiger partial charge in [0.1, 0.15) is 0 Å². The molecule has 0 saturated carbocycles. The summed E-state index contributed by atoms with van der Waals surface area (Å²) in [6, 6.07) is 9.60. The van der Waals surface area contributed by atoms with E-state index in [4.69, 9.17) is 11.0 Å². The Hall–Kier alpha value is -1.04. The summed E-state index contributed by atoms with van der Waals surface area (Å²) >= 11 is 0. The van der Waals surface area contributed by atoms with Gasteiger partial charge in [-0.3, -0.25) is 0 Å². The predicted molar refractivity (Wildman–Crippen MR) is 60.2 cm³/mol. The lowest BCUT2D eigenvalue weighted by Crippen LogP contribution is -2.16. The number of rotatable bonds is 2. The minimum Gasteiger partial charge on any atom is -0.324 e. The molecule has 0 aromatic heterocycles. The summed E-state index contributed by atoms with van der Waals surface area (Å²) in [5.41, 5.74) is 7.66. The zero-order chi connectivity index (χ0) is 9.84. The van der Waals surface area contributed by atoms with E-state index in [1.165, 1.54) is 0 Å². The topological polar surface area (TPSA) is 49.8 Å². The standard InChI is InChI=1S/C11H14N2.ClH/c1-8(2)11(13)10-5-3-4-9(6-10)7-12;/h3-6,8,11H,13H2,1-2H3;1H/t11-;/m1./s1. The summed E-state index contributed by atoms with van der Waals surface area (Å²) in [7, 11) is 0. The van der Waals surface area contributed by atoms with Crippen LogP contribution in [0.15, 0.2) is 24.3 Å². The maximum absolute atomic E-state index is 8.69. The Kier molecular flexibility index (Phi) is 5.22. The molecule has 0 fully saturated rings. The van der Waals surface area contributed by atoms with E-state index in [9.17, 15) is 0 Å². The molecule has 1 aromatic rings. The molecule has 14 heavy (non-hydrogen) atoms. The van der Waals surface area contributed by atoms with Crippen molar-refractivity contribution in [1.82, 2.24) is 0 Å². The minimum absolute atomic E-state index is 0. The third kappa shape index (κ3) is 3.02. The molecule has 0 heterocycles. The van der Waals surface area contributed by atoms with Crippen molar-refractivity contribution in [2.24, 2.45) is 11.7 Å². The van der Waals surface area contributed by atoms with Gasteiger partial charge in [-0.2, -0.15) is 5.26 Å². The van der Waals surface area contributed by atoms with Crippen molar-refractivity contribution in [3.05, 3.63) is 35.4 Å². The highest BCUT2D eigenvalue weighted by molar-refractivity contribution is 5.85. The van der Waals surface area contributed by atoms with Gasteiger partial charge in [0.25, 0.3) is 0 Å². The molecule has 3 heteroatoms. The Bertz CT molecular complexity index is 328. The van der Waals surface area contributed by atoms with Gasteiger partial charge < -0.3 is 5.73 Å². The summed E-state index contributed by atoms with van der Waals surface area (Å²) in [4.78, 5) is 0. The number of nitrogens with zero attached hydrogens (tertiary/aromatic N) is 1. The normalized spacial score (nSPS) is 11.6. The molecule has 0 aliphatic heterocycles. The first kappa shape index (κ1) is 13.0. The number of hydrogen-bond acceptors (Lipinski definition) is 2. The molecule has 76 valence electrons. The van der Waals surface area contributed by atoms with Crippen LogP contribution >= 0.6 is 12.4 Å². The first-order chi connectivity index (χ1) is 6.15. The van der Waals surface area contributed by atoms with Gasteiger partial charge in [-0.15, -0.1) is 12.4 Å². The largest absolute Gasteiger partial charge is 0.324 e. The molecule has 0 bridgehead atoms. The average molecular weight is 211 g/mol. The smallest absolute Gasteiger partial charge is 0.0991 e. The summed E-state index contributed by atoms with van der Waals surface area (Å²) in [5.74, 6) is 0.397. The van der Waals surface area contributed by atoms with Gasteiger partial charge in [0.2, 0.25) is 0 Å². The third-order valence-corrected chi connectivity index (χ3v) is 2.12. The van der Waals surface area contributed by atoms with Crippen LogP contribution in [0.25, 0.3) is 0 Å². The highest BCUT2D eigenvalue weighted by atomic mass is 35.5. The van der Waals surface area contributed by atoms with Gasteiger partial charge in [-0.1, -0.05) is 26.0 Å². The van der Waals surface area contributed by atoms with Gasteiger partial charge in [0.05, 0.1) is 11.6 Å². The first-order valence-electron chi connectivity index (χ1n) is 4.41. The summed E-state index contributed by atoms with van der Waals surface area (Å²) < 4.78 is 0. The van der Waals surface area contributed by atoms with Crippen LogP contribution in [-0.4, -0.2) is 0 Å². The van der Waals surface area contributed by atoms with Crippen LogP contribution in [0.4, 0.5) is 0 Å².